The summed E-state index contributed by atoms with van der Waals surface area (Å²) in [6.45, 7) is 8.27. The van der Waals surface area contributed by atoms with Crippen molar-refractivity contribution in [3.63, 3.8) is 0 Å². The Hall–Kier alpha value is -1.75. The molecule has 1 N–H and O–H groups in total. The zero-order valence-corrected chi connectivity index (χ0v) is 14.5. The van der Waals surface area contributed by atoms with Gasteiger partial charge in [0.05, 0.1) is 12.6 Å². The molecule has 0 bridgehead atoms. The summed E-state index contributed by atoms with van der Waals surface area (Å²) in [6.07, 6.45) is 2.53. The fourth-order valence-electron chi connectivity index (χ4n) is 2.84. The summed E-state index contributed by atoms with van der Waals surface area (Å²) in [4.78, 5) is 6.67. The number of benzene rings is 1. The van der Waals surface area contributed by atoms with Crippen LogP contribution in [0, 0.1) is 6.92 Å². The minimum absolute atomic E-state index is 0.402. The van der Waals surface area contributed by atoms with E-state index in [0.717, 1.165) is 50.8 Å². The first kappa shape index (κ1) is 17.6. The molecule has 0 atom stereocenters. The van der Waals surface area contributed by atoms with Crippen LogP contribution in [0.3, 0.4) is 0 Å². The topological polar surface area (TPSA) is 46.1 Å². The number of ether oxygens (including phenoxy) is 2. The molecular formula is C18H29N3O2. The normalized spacial score (nSPS) is 16.5. The molecule has 0 aromatic heterocycles. The first-order valence-corrected chi connectivity index (χ1v) is 8.49. The van der Waals surface area contributed by atoms with Crippen molar-refractivity contribution in [1.82, 2.24) is 10.2 Å². The number of hydrogen-bond donors (Lipinski definition) is 1. The third kappa shape index (κ3) is 5.75. The van der Waals surface area contributed by atoms with Gasteiger partial charge in [-0.1, -0.05) is 12.1 Å². The van der Waals surface area contributed by atoms with Crippen molar-refractivity contribution in [3.05, 3.63) is 29.8 Å². The molecule has 1 aromatic carbocycles. The van der Waals surface area contributed by atoms with E-state index in [4.69, 9.17) is 9.47 Å². The van der Waals surface area contributed by atoms with Crippen molar-refractivity contribution in [2.45, 2.75) is 32.8 Å². The van der Waals surface area contributed by atoms with E-state index in [-0.39, 0.29) is 0 Å². The number of piperidine rings is 1. The molecule has 1 fully saturated rings. The van der Waals surface area contributed by atoms with E-state index in [2.05, 4.69) is 35.1 Å². The first-order chi connectivity index (χ1) is 11.2. The van der Waals surface area contributed by atoms with Gasteiger partial charge in [-0.2, -0.15) is 0 Å². The van der Waals surface area contributed by atoms with E-state index in [1.54, 1.807) is 0 Å². The lowest BCUT2D eigenvalue weighted by Gasteiger charge is -2.34. The van der Waals surface area contributed by atoms with Gasteiger partial charge in [-0.05, 0) is 44.4 Å². The Labute approximate surface area is 139 Å². The van der Waals surface area contributed by atoms with Crippen LogP contribution in [-0.2, 0) is 4.74 Å². The summed E-state index contributed by atoms with van der Waals surface area (Å²) in [6, 6.07) is 8.12. The second-order valence-electron chi connectivity index (χ2n) is 5.78. The van der Waals surface area contributed by atoms with E-state index >= 15 is 0 Å². The van der Waals surface area contributed by atoms with Crippen molar-refractivity contribution in [2.24, 2.45) is 4.99 Å². The van der Waals surface area contributed by atoms with Crippen molar-refractivity contribution < 1.29 is 9.47 Å². The molecule has 0 unspecified atom stereocenters. The van der Waals surface area contributed by atoms with E-state index in [1.807, 2.05) is 25.2 Å². The maximum Gasteiger partial charge on any atom is 0.193 e. The largest absolute Gasteiger partial charge is 0.492 e. The Balaban J connectivity index is 1.69. The average molecular weight is 319 g/mol. The summed E-state index contributed by atoms with van der Waals surface area (Å²) < 4.78 is 11.5. The van der Waals surface area contributed by atoms with E-state index in [1.165, 1.54) is 5.56 Å². The third-order valence-corrected chi connectivity index (χ3v) is 4.00. The lowest BCUT2D eigenvalue weighted by atomic mass is 10.1. The lowest BCUT2D eigenvalue weighted by Crippen LogP contribution is -2.47. The number of nitrogens with zero attached hydrogens (tertiary/aromatic N) is 2. The zero-order chi connectivity index (χ0) is 16.5. The fourth-order valence-corrected chi connectivity index (χ4v) is 2.84. The molecule has 1 saturated heterocycles. The molecule has 1 aromatic rings. The number of guanidine groups is 1. The number of aliphatic imine (C=N–C) groups is 1. The lowest BCUT2D eigenvalue weighted by molar-refractivity contribution is 0.0263. The average Bonchev–Trinajstić information content (AvgIpc) is 2.56. The van der Waals surface area contributed by atoms with Crippen molar-refractivity contribution in [2.75, 3.05) is 39.9 Å². The van der Waals surface area contributed by atoms with Crippen LogP contribution in [0.15, 0.2) is 29.3 Å². The molecule has 1 aliphatic heterocycles. The Bertz CT molecular complexity index is 497. The minimum Gasteiger partial charge on any atom is -0.492 e. The predicted molar refractivity (Wildman–Crippen MR) is 94.3 cm³/mol. The molecule has 0 spiro atoms. The van der Waals surface area contributed by atoms with Gasteiger partial charge in [0.2, 0.25) is 0 Å². The highest BCUT2D eigenvalue weighted by Gasteiger charge is 2.21. The number of hydrogen-bond acceptors (Lipinski definition) is 3. The molecule has 0 amide bonds. The highest BCUT2D eigenvalue weighted by Crippen LogP contribution is 2.14. The Morgan fingerprint density at radius 3 is 2.78 bits per heavy atom. The summed E-state index contributed by atoms with van der Waals surface area (Å²) >= 11 is 0. The fraction of sp³-hybridized carbons (Fsp3) is 0.611. The molecule has 128 valence electrons. The molecule has 0 aliphatic carbocycles. The quantitative estimate of drug-likeness (QED) is 0.497. The first-order valence-electron chi connectivity index (χ1n) is 8.49. The van der Waals surface area contributed by atoms with Crippen molar-refractivity contribution in [1.29, 1.82) is 0 Å². The summed E-state index contributed by atoms with van der Waals surface area (Å²) in [7, 11) is 1.83. The number of likely N-dealkylation sites (tertiary alicyclic amines) is 1. The molecule has 0 saturated carbocycles. The van der Waals surface area contributed by atoms with Gasteiger partial charge in [-0.25, -0.2) is 0 Å². The smallest absolute Gasteiger partial charge is 0.193 e. The molecular weight excluding hydrogens is 290 g/mol. The molecule has 23 heavy (non-hydrogen) atoms. The Morgan fingerprint density at radius 2 is 2.13 bits per heavy atom. The van der Waals surface area contributed by atoms with Gasteiger partial charge in [0.15, 0.2) is 5.96 Å². The van der Waals surface area contributed by atoms with Crippen LogP contribution in [0.1, 0.15) is 25.3 Å². The van der Waals surface area contributed by atoms with Crippen LogP contribution in [0.2, 0.25) is 0 Å². The Kier molecular flexibility index (Phi) is 7.20. The predicted octanol–water partition coefficient (Wildman–Crippen LogP) is 2.45. The number of aryl methyl sites for hydroxylation is 1. The van der Waals surface area contributed by atoms with Crippen LogP contribution in [0.4, 0.5) is 0 Å². The second kappa shape index (κ2) is 9.40. The van der Waals surface area contributed by atoms with E-state index in [9.17, 15) is 0 Å². The van der Waals surface area contributed by atoms with Crippen LogP contribution in [-0.4, -0.2) is 56.9 Å². The molecule has 1 aliphatic rings. The Morgan fingerprint density at radius 1 is 1.35 bits per heavy atom. The van der Waals surface area contributed by atoms with E-state index < -0.39 is 0 Å². The number of nitrogens with one attached hydrogen (secondary N) is 1. The SMILES string of the molecule is CCOC1CCN(C(=NC)NCCOc2cccc(C)c2)CC1. The highest BCUT2D eigenvalue weighted by atomic mass is 16.5. The maximum absolute atomic E-state index is 5.76. The van der Waals surface area contributed by atoms with E-state index in [0.29, 0.717) is 12.7 Å². The summed E-state index contributed by atoms with van der Waals surface area (Å²) in [5, 5.41) is 3.38. The van der Waals surface area contributed by atoms with Gasteiger partial charge in [-0.15, -0.1) is 0 Å². The molecule has 0 radical (unpaired) electrons. The standard InChI is InChI=1S/C18H29N3O2/c1-4-22-16-8-11-21(12-9-16)18(19-3)20-10-13-23-17-7-5-6-15(2)14-17/h5-7,14,16H,4,8-13H2,1-3H3,(H,19,20). The van der Waals surface area contributed by atoms with Crippen LogP contribution < -0.4 is 10.1 Å². The summed E-state index contributed by atoms with van der Waals surface area (Å²) in [5.41, 5.74) is 1.21. The van der Waals surface area contributed by atoms with Gasteiger partial charge in [-0.3, -0.25) is 4.99 Å². The zero-order valence-electron chi connectivity index (χ0n) is 14.5. The molecule has 1 heterocycles. The van der Waals surface area contributed by atoms with Gasteiger partial charge in [0, 0.05) is 26.7 Å². The highest BCUT2D eigenvalue weighted by molar-refractivity contribution is 5.79. The van der Waals surface area contributed by atoms with Gasteiger partial charge < -0.3 is 19.7 Å². The van der Waals surface area contributed by atoms with Crippen molar-refractivity contribution in [3.8, 4) is 5.75 Å². The minimum atomic E-state index is 0.402. The third-order valence-electron chi connectivity index (χ3n) is 4.00. The van der Waals surface area contributed by atoms with Crippen LogP contribution in [0.25, 0.3) is 0 Å². The van der Waals surface area contributed by atoms with Gasteiger partial charge >= 0.3 is 0 Å². The van der Waals surface area contributed by atoms with Crippen molar-refractivity contribution >= 4 is 5.96 Å². The molecule has 5 heteroatoms. The summed E-state index contributed by atoms with van der Waals surface area (Å²) in [5.74, 6) is 1.87. The second-order valence-corrected chi connectivity index (χ2v) is 5.78. The van der Waals surface area contributed by atoms with Gasteiger partial charge in [0.25, 0.3) is 0 Å². The molecule has 2 rings (SSSR count). The van der Waals surface area contributed by atoms with Crippen LogP contribution in [0.5, 0.6) is 5.75 Å². The monoisotopic (exact) mass is 319 g/mol. The maximum atomic E-state index is 5.76. The number of rotatable bonds is 6. The molecule has 5 nitrogen and oxygen atoms in total. The van der Waals surface area contributed by atoms with Crippen LogP contribution >= 0.6 is 0 Å². The van der Waals surface area contributed by atoms with Gasteiger partial charge in [0.1, 0.15) is 12.4 Å².